The molecule has 0 saturated heterocycles. The normalized spacial score (nSPS) is 26.2. The van der Waals surface area contributed by atoms with Gasteiger partial charge in [-0.3, -0.25) is 4.79 Å². The molecule has 4 nitrogen and oxygen atoms in total. The molecule has 1 aromatic rings. The third-order valence-electron chi connectivity index (χ3n) is 4.46. The number of aliphatic hydroxyl groups is 1. The standard InChI is InChI=1S/C16H23NO3/c1-11-6-8-16(10-18,9-7-11)17-15(20)13-4-3-5-14(19)12(13)2/h3-5,11,18-19H,6-10H2,1-2H3,(H,17,20). The number of aliphatic hydroxyl groups excluding tert-OH is 1. The predicted molar refractivity (Wildman–Crippen MR) is 77.8 cm³/mol. The highest BCUT2D eigenvalue weighted by Crippen LogP contribution is 2.32. The SMILES string of the molecule is Cc1c(O)cccc1C(=O)NC1(CO)CCC(C)CC1. The van der Waals surface area contributed by atoms with Crippen molar-refractivity contribution in [1.29, 1.82) is 0 Å². The zero-order chi connectivity index (χ0) is 14.8. The molecular weight excluding hydrogens is 254 g/mol. The molecule has 0 heterocycles. The highest BCUT2D eigenvalue weighted by molar-refractivity contribution is 5.96. The minimum Gasteiger partial charge on any atom is -0.508 e. The number of carbonyl (C=O) groups is 1. The third kappa shape index (κ3) is 2.96. The van der Waals surface area contributed by atoms with Crippen LogP contribution in [0, 0.1) is 12.8 Å². The first kappa shape index (κ1) is 14.9. The molecule has 1 fully saturated rings. The maximum atomic E-state index is 12.4. The van der Waals surface area contributed by atoms with E-state index in [-0.39, 0.29) is 18.3 Å². The fourth-order valence-corrected chi connectivity index (χ4v) is 2.81. The fourth-order valence-electron chi connectivity index (χ4n) is 2.81. The van der Waals surface area contributed by atoms with Gasteiger partial charge in [-0.15, -0.1) is 0 Å². The summed E-state index contributed by atoms with van der Waals surface area (Å²) in [6.07, 6.45) is 3.63. The molecule has 1 aliphatic rings. The summed E-state index contributed by atoms with van der Waals surface area (Å²) in [6, 6.07) is 4.92. The van der Waals surface area contributed by atoms with Crippen LogP contribution in [0.25, 0.3) is 0 Å². The summed E-state index contributed by atoms with van der Waals surface area (Å²) in [5.74, 6) is 0.545. The summed E-state index contributed by atoms with van der Waals surface area (Å²) < 4.78 is 0. The van der Waals surface area contributed by atoms with Gasteiger partial charge in [0.15, 0.2) is 0 Å². The molecule has 0 spiro atoms. The molecule has 1 amide bonds. The zero-order valence-electron chi connectivity index (χ0n) is 12.1. The van der Waals surface area contributed by atoms with Gasteiger partial charge in [0, 0.05) is 11.1 Å². The predicted octanol–water partition coefficient (Wildman–Crippen LogP) is 2.37. The summed E-state index contributed by atoms with van der Waals surface area (Å²) in [5, 5.41) is 22.4. The van der Waals surface area contributed by atoms with E-state index < -0.39 is 5.54 Å². The summed E-state index contributed by atoms with van der Waals surface area (Å²) in [6.45, 7) is 3.88. The maximum Gasteiger partial charge on any atom is 0.252 e. The molecule has 1 aliphatic carbocycles. The van der Waals surface area contributed by atoms with Crippen LogP contribution in [0.3, 0.4) is 0 Å². The van der Waals surface area contributed by atoms with E-state index in [2.05, 4.69) is 12.2 Å². The number of hydrogen-bond acceptors (Lipinski definition) is 3. The first-order chi connectivity index (χ1) is 9.47. The average Bonchev–Trinajstić information content (AvgIpc) is 2.44. The number of phenols is 1. The highest BCUT2D eigenvalue weighted by Gasteiger charge is 2.35. The van der Waals surface area contributed by atoms with Crippen molar-refractivity contribution in [2.24, 2.45) is 5.92 Å². The van der Waals surface area contributed by atoms with Crippen LogP contribution in [0.1, 0.15) is 48.5 Å². The first-order valence-corrected chi connectivity index (χ1v) is 7.19. The van der Waals surface area contributed by atoms with E-state index in [4.69, 9.17) is 0 Å². The van der Waals surface area contributed by atoms with E-state index in [0.29, 0.717) is 17.0 Å². The fraction of sp³-hybridized carbons (Fsp3) is 0.562. The molecule has 4 heteroatoms. The lowest BCUT2D eigenvalue weighted by molar-refractivity contribution is 0.0716. The molecule has 0 radical (unpaired) electrons. The summed E-state index contributed by atoms with van der Waals surface area (Å²) in [7, 11) is 0. The number of aromatic hydroxyl groups is 1. The number of nitrogens with one attached hydrogen (secondary N) is 1. The highest BCUT2D eigenvalue weighted by atomic mass is 16.3. The van der Waals surface area contributed by atoms with Gasteiger partial charge >= 0.3 is 0 Å². The van der Waals surface area contributed by atoms with Gasteiger partial charge in [0.25, 0.3) is 5.91 Å². The van der Waals surface area contributed by atoms with Gasteiger partial charge in [-0.2, -0.15) is 0 Å². The summed E-state index contributed by atoms with van der Waals surface area (Å²) >= 11 is 0. The largest absolute Gasteiger partial charge is 0.508 e. The van der Waals surface area contributed by atoms with Crippen LogP contribution in [0.5, 0.6) is 5.75 Å². The molecule has 20 heavy (non-hydrogen) atoms. The molecule has 1 aromatic carbocycles. The minimum absolute atomic E-state index is 0.0384. The van der Waals surface area contributed by atoms with Gasteiger partial charge in [-0.25, -0.2) is 0 Å². The second-order valence-corrected chi connectivity index (χ2v) is 6.02. The van der Waals surface area contributed by atoms with Crippen LogP contribution < -0.4 is 5.32 Å². The number of benzene rings is 1. The smallest absolute Gasteiger partial charge is 0.252 e. The maximum absolute atomic E-state index is 12.4. The number of carbonyl (C=O) groups excluding carboxylic acids is 1. The van der Waals surface area contributed by atoms with Crippen molar-refractivity contribution in [3.05, 3.63) is 29.3 Å². The molecule has 0 atom stereocenters. The average molecular weight is 277 g/mol. The van der Waals surface area contributed by atoms with Crippen LogP contribution in [-0.4, -0.2) is 28.3 Å². The Balaban J connectivity index is 2.15. The Hall–Kier alpha value is -1.55. The number of phenolic OH excluding ortho intramolecular Hbond substituents is 1. The van der Waals surface area contributed by atoms with E-state index in [9.17, 15) is 15.0 Å². The molecular formula is C16H23NO3. The molecule has 2 rings (SSSR count). The molecule has 0 aromatic heterocycles. The second-order valence-electron chi connectivity index (χ2n) is 6.02. The Labute approximate surface area is 119 Å². The Kier molecular flexibility index (Phi) is 4.33. The third-order valence-corrected chi connectivity index (χ3v) is 4.46. The van der Waals surface area contributed by atoms with Crippen molar-refractivity contribution in [3.8, 4) is 5.75 Å². The molecule has 0 aliphatic heterocycles. The van der Waals surface area contributed by atoms with Crippen molar-refractivity contribution >= 4 is 5.91 Å². The molecule has 1 saturated carbocycles. The van der Waals surface area contributed by atoms with Gasteiger partial charge in [0.05, 0.1) is 12.1 Å². The van der Waals surface area contributed by atoms with Gasteiger partial charge in [-0.05, 0) is 50.7 Å². The van der Waals surface area contributed by atoms with Gasteiger partial charge in [0.2, 0.25) is 0 Å². The second kappa shape index (κ2) is 5.83. The van der Waals surface area contributed by atoms with E-state index >= 15 is 0 Å². The zero-order valence-corrected chi connectivity index (χ0v) is 12.1. The van der Waals surface area contributed by atoms with Crippen LogP contribution in [-0.2, 0) is 0 Å². The first-order valence-electron chi connectivity index (χ1n) is 7.19. The van der Waals surface area contributed by atoms with Gasteiger partial charge in [0.1, 0.15) is 5.75 Å². The summed E-state index contributed by atoms with van der Waals surface area (Å²) in [4.78, 5) is 12.4. The van der Waals surface area contributed by atoms with Crippen LogP contribution in [0.4, 0.5) is 0 Å². The Bertz CT molecular complexity index is 490. The van der Waals surface area contributed by atoms with Gasteiger partial charge in [-0.1, -0.05) is 13.0 Å². The van der Waals surface area contributed by atoms with E-state index in [0.717, 1.165) is 25.7 Å². The van der Waals surface area contributed by atoms with Crippen molar-refractivity contribution in [3.63, 3.8) is 0 Å². The van der Waals surface area contributed by atoms with Crippen molar-refractivity contribution in [2.75, 3.05) is 6.61 Å². The molecule has 3 N–H and O–H groups in total. The van der Waals surface area contributed by atoms with E-state index in [1.165, 1.54) is 0 Å². The molecule has 0 bridgehead atoms. The lowest BCUT2D eigenvalue weighted by Gasteiger charge is -2.38. The lowest BCUT2D eigenvalue weighted by Crippen LogP contribution is -2.53. The lowest BCUT2D eigenvalue weighted by atomic mass is 9.77. The summed E-state index contributed by atoms with van der Waals surface area (Å²) in [5.41, 5.74) is 0.528. The molecule has 110 valence electrons. The van der Waals surface area contributed by atoms with E-state index in [1.807, 2.05) is 0 Å². The van der Waals surface area contributed by atoms with Crippen molar-refractivity contribution in [1.82, 2.24) is 5.32 Å². The van der Waals surface area contributed by atoms with Gasteiger partial charge < -0.3 is 15.5 Å². The Morgan fingerprint density at radius 3 is 2.65 bits per heavy atom. The quantitative estimate of drug-likeness (QED) is 0.794. The van der Waals surface area contributed by atoms with Crippen LogP contribution in [0.2, 0.25) is 0 Å². The minimum atomic E-state index is -0.512. The Morgan fingerprint density at radius 2 is 2.05 bits per heavy atom. The number of rotatable bonds is 3. The topological polar surface area (TPSA) is 69.6 Å². The number of amides is 1. The van der Waals surface area contributed by atoms with Crippen molar-refractivity contribution < 1.29 is 15.0 Å². The number of hydrogen-bond donors (Lipinski definition) is 3. The van der Waals surface area contributed by atoms with Crippen LogP contribution >= 0.6 is 0 Å². The Morgan fingerprint density at radius 1 is 1.40 bits per heavy atom. The molecule has 0 unspecified atom stereocenters. The monoisotopic (exact) mass is 277 g/mol. The van der Waals surface area contributed by atoms with E-state index in [1.54, 1.807) is 25.1 Å². The van der Waals surface area contributed by atoms with Crippen molar-refractivity contribution in [2.45, 2.75) is 45.1 Å². The van der Waals surface area contributed by atoms with Crippen LogP contribution in [0.15, 0.2) is 18.2 Å².